The van der Waals surface area contributed by atoms with E-state index in [2.05, 4.69) is 52.3 Å². The summed E-state index contributed by atoms with van der Waals surface area (Å²) in [7, 11) is 1.95. The molecule has 2 N–H and O–H groups in total. The lowest BCUT2D eigenvalue weighted by molar-refractivity contribution is 0.813. The van der Waals surface area contributed by atoms with Crippen LogP contribution in [0.15, 0.2) is 41.4 Å². The van der Waals surface area contributed by atoms with Crippen LogP contribution < -0.4 is 10.6 Å². The molecule has 0 saturated heterocycles. The monoisotopic (exact) mass is 327 g/mol. The predicted octanol–water partition coefficient (Wildman–Crippen LogP) is 3.06. The van der Waals surface area contributed by atoms with Crippen molar-refractivity contribution < 1.29 is 0 Å². The maximum Gasteiger partial charge on any atom is 0.160 e. The van der Waals surface area contributed by atoms with Crippen molar-refractivity contribution in [2.45, 2.75) is 11.8 Å². The number of thioether (sulfide) groups is 1. The van der Waals surface area contributed by atoms with Crippen LogP contribution in [-0.4, -0.2) is 41.0 Å². The summed E-state index contributed by atoms with van der Waals surface area (Å²) < 4.78 is 1.87. The average Bonchev–Trinajstić information content (AvgIpc) is 2.96. The minimum Gasteiger partial charge on any atom is -0.369 e. The first-order valence-corrected chi connectivity index (χ1v) is 8.84. The molecular weight excluding hydrogens is 306 g/mol. The normalized spacial score (nSPS) is 11.1. The maximum absolute atomic E-state index is 4.83. The van der Waals surface area contributed by atoms with Gasteiger partial charge in [0.05, 0.1) is 11.9 Å². The van der Waals surface area contributed by atoms with Crippen molar-refractivity contribution in [1.82, 2.24) is 19.9 Å². The molecular formula is C17H21N5S. The third-order valence-electron chi connectivity index (χ3n) is 3.71. The van der Waals surface area contributed by atoms with Gasteiger partial charge in [0.1, 0.15) is 5.82 Å². The third-order valence-corrected chi connectivity index (χ3v) is 4.51. The van der Waals surface area contributed by atoms with Gasteiger partial charge in [0.2, 0.25) is 0 Å². The summed E-state index contributed by atoms with van der Waals surface area (Å²) in [6, 6.07) is 10.4. The molecule has 0 spiro atoms. The number of benzene rings is 1. The molecule has 1 aromatic carbocycles. The Labute approximate surface area is 140 Å². The van der Waals surface area contributed by atoms with E-state index in [0.717, 1.165) is 41.4 Å². The van der Waals surface area contributed by atoms with Gasteiger partial charge in [-0.1, -0.05) is 18.2 Å². The molecule has 2 aromatic heterocycles. The predicted molar refractivity (Wildman–Crippen MR) is 97.4 cm³/mol. The molecule has 0 unspecified atom stereocenters. The van der Waals surface area contributed by atoms with Crippen LogP contribution in [0.4, 0.5) is 5.82 Å². The topological polar surface area (TPSA) is 54.2 Å². The largest absolute Gasteiger partial charge is 0.369 e. The smallest absolute Gasteiger partial charge is 0.160 e. The van der Waals surface area contributed by atoms with E-state index in [1.54, 1.807) is 11.8 Å². The molecule has 0 aliphatic carbocycles. The number of likely N-dealkylation sites (N-methyl/N-ethyl adjacent to an activating group) is 1. The Hall–Kier alpha value is -2.05. The highest BCUT2D eigenvalue weighted by Crippen LogP contribution is 2.31. The molecule has 0 aliphatic rings. The SMILES string of the molecule is CNCCNc1cc(-c2ccccc2SC)nc2c(C)cnn12. The lowest BCUT2D eigenvalue weighted by Crippen LogP contribution is -2.19. The summed E-state index contributed by atoms with van der Waals surface area (Å²) >= 11 is 1.74. The van der Waals surface area contributed by atoms with E-state index in [0.29, 0.717) is 0 Å². The molecule has 5 nitrogen and oxygen atoms in total. The zero-order chi connectivity index (χ0) is 16.2. The molecule has 0 fully saturated rings. The van der Waals surface area contributed by atoms with E-state index in [4.69, 9.17) is 4.98 Å². The second-order valence-electron chi connectivity index (χ2n) is 5.32. The van der Waals surface area contributed by atoms with E-state index in [-0.39, 0.29) is 0 Å². The van der Waals surface area contributed by atoms with Gasteiger partial charge in [0.25, 0.3) is 0 Å². The summed E-state index contributed by atoms with van der Waals surface area (Å²) in [6.07, 6.45) is 3.95. The van der Waals surface area contributed by atoms with Crippen LogP contribution in [0, 0.1) is 6.92 Å². The second kappa shape index (κ2) is 7.02. The fourth-order valence-corrected chi connectivity index (χ4v) is 3.12. The molecule has 0 radical (unpaired) electrons. The standard InChI is InChI=1S/C17H21N5S/c1-12-11-20-22-16(19-9-8-18-2)10-14(21-17(12)22)13-6-4-5-7-15(13)23-3/h4-7,10-11,18-19H,8-9H2,1-3H3. The molecule has 0 amide bonds. The Kier molecular flexibility index (Phi) is 4.83. The van der Waals surface area contributed by atoms with Crippen LogP contribution >= 0.6 is 11.8 Å². The zero-order valence-electron chi connectivity index (χ0n) is 13.6. The number of hydrogen-bond donors (Lipinski definition) is 2. The van der Waals surface area contributed by atoms with E-state index >= 15 is 0 Å². The summed E-state index contributed by atoms with van der Waals surface area (Å²) in [6.45, 7) is 3.76. The maximum atomic E-state index is 4.83. The van der Waals surface area contributed by atoms with Gasteiger partial charge in [-0.25, -0.2) is 4.98 Å². The molecule has 2 heterocycles. The van der Waals surface area contributed by atoms with Crippen LogP contribution in [0.5, 0.6) is 0 Å². The van der Waals surface area contributed by atoms with Gasteiger partial charge in [-0.15, -0.1) is 11.8 Å². The Morgan fingerprint density at radius 1 is 1.22 bits per heavy atom. The number of rotatable bonds is 6. The number of aryl methyl sites for hydroxylation is 1. The van der Waals surface area contributed by atoms with Gasteiger partial charge in [-0.05, 0) is 26.3 Å². The molecule has 6 heteroatoms. The molecule has 0 aliphatic heterocycles. The molecule has 0 atom stereocenters. The van der Waals surface area contributed by atoms with E-state index < -0.39 is 0 Å². The lowest BCUT2D eigenvalue weighted by atomic mass is 10.1. The lowest BCUT2D eigenvalue weighted by Gasteiger charge is -2.12. The van der Waals surface area contributed by atoms with Crippen molar-refractivity contribution in [1.29, 1.82) is 0 Å². The van der Waals surface area contributed by atoms with E-state index in [9.17, 15) is 0 Å². The van der Waals surface area contributed by atoms with Gasteiger partial charge in [-0.3, -0.25) is 0 Å². The van der Waals surface area contributed by atoms with Crippen LogP contribution in [0.2, 0.25) is 0 Å². The summed E-state index contributed by atoms with van der Waals surface area (Å²) in [5, 5.41) is 11.0. The Morgan fingerprint density at radius 2 is 2.04 bits per heavy atom. The number of nitrogens with zero attached hydrogens (tertiary/aromatic N) is 3. The number of hydrogen-bond acceptors (Lipinski definition) is 5. The zero-order valence-corrected chi connectivity index (χ0v) is 14.4. The molecule has 23 heavy (non-hydrogen) atoms. The first-order valence-electron chi connectivity index (χ1n) is 7.62. The average molecular weight is 327 g/mol. The highest BCUT2D eigenvalue weighted by molar-refractivity contribution is 7.98. The number of fused-ring (bicyclic) bond motifs is 1. The Morgan fingerprint density at radius 3 is 2.83 bits per heavy atom. The molecule has 3 rings (SSSR count). The molecule has 0 bridgehead atoms. The van der Waals surface area contributed by atoms with Crippen molar-refractivity contribution >= 4 is 23.2 Å². The van der Waals surface area contributed by atoms with Crippen molar-refractivity contribution in [3.05, 3.63) is 42.1 Å². The highest BCUT2D eigenvalue weighted by atomic mass is 32.2. The minimum atomic E-state index is 0.831. The van der Waals surface area contributed by atoms with Crippen LogP contribution in [-0.2, 0) is 0 Å². The van der Waals surface area contributed by atoms with Crippen molar-refractivity contribution in [2.24, 2.45) is 0 Å². The summed E-state index contributed by atoms with van der Waals surface area (Å²) in [4.78, 5) is 6.06. The van der Waals surface area contributed by atoms with E-state index in [1.807, 2.05) is 24.7 Å². The van der Waals surface area contributed by atoms with Crippen LogP contribution in [0.1, 0.15) is 5.56 Å². The summed E-state index contributed by atoms with van der Waals surface area (Å²) in [5.41, 5.74) is 4.09. The third kappa shape index (κ3) is 3.18. The Bertz CT molecular complexity index is 812. The number of nitrogens with one attached hydrogen (secondary N) is 2. The van der Waals surface area contributed by atoms with Crippen molar-refractivity contribution in [2.75, 3.05) is 31.7 Å². The van der Waals surface area contributed by atoms with Gasteiger partial charge in [0, 0.05) is 35.2 Å². The quantitative estimate of drug-likeness (QED) is 0.538. The minimum absolute atomic E-state index is 0.831. The highest BCUT2D eigenvalue weighted by Gasteiger charge is 2.12. The number of anilines is 1. The first-order chi connectivity index (χ1) is 11.2. The van der Waals surface area contributed by atoms with Gasteiger partial charge in [0.15, 0.2) is 5.65 Å². The molecule has 3 aromatic rings. The summed E-state index contributed by atoms with van der Waals surface area (Å²) in [5.74, 6) is 0.962. The molecule has 0 saturated carbocycles. The molecule has 120 valence electrons. The van der Waals surface area contributed by atoms with Gasteiger partial charge >= 0.3 is 0 Å². The fourth-order valence-electron chi connectivity index (χ4n) is 2.51. The van der Waals surface area contributed by atoms with E-state index in [1.165, 1.54) is 4.90 Å². The van der Waals surface area contributed by atoms with Gasteiger partial charge in [-0.2, -0.15) is 9.61 Å². The Balaban J connectivity index is 2.12. The van der Waals surface area contributed by atoms with Crippen LogP contribution in [0.3, 0.4) is 0 Å². The van der Waals surface area contributed by atoms with Gasteiger partial charge < -0.3 is 10.6 Å². The van der Waals surface area contributed by atoms with Crippen LogP contribution in [0.25, 0.3) is 16.9 Å². The number of aromatic nitrogens is 3. The first kappa shape index (κ1) is 15.8. The van der Waals surface area contributed by atoms with Crippen molar-refractivity contribution in [3.63, 3.8) is 0 Å². The fraction of sp³-hybridized carbons (Fsp3) is 0.294. The second-order valence-corrected chi connectivity index (χ2v) is 6.17. The van der Waals surface area contributed by atoms with Crippen molar-refractivity contribution in [3.8, 4) is 11.3 Å².